The molecular formula is C8H10BrNO. The Morgan fingerprint density at radius 1 is 1.73 bits per heavy atom. The molecule has 11 heavy (non-hydrogen) atoms. The summed E-state index contributed by atoms with van der Waals surface area (Å²) in [6.07, 6.45) is -1.89. The number of rotatable bonds is 2. The fourth-order valence-corrected chi connectivity index (χ4v) is 0.775. The molecule has 1 heterocycles. The van der Waals surface area contributed by atoms with Gasteiger partial charge in [0.2, 0.25) is 0 Å². The van der Waals surface area contributed by atoms with Crippen LogP contribution < -0.4 is 4.74 Å². The quantitative estimate of drug-likeness (QED) is 0.719. The number of hydrogen-bond donors (Lipinski definition) is 0. The molecule has 2 nitrogen and oxygen atoms in total. The molecule has 0 bridgehead atoms. The first-order chi connectivity index (χ1) is 7.97. The number of ether oxygens (including phenoxy) is 1. The minimum atomic E-state index is -3.12. The number of nitrogens with zero attached hydrogens (tertiary/aromatic N) is 1. The Balaban J connectivity index is 3.12. The van der Waals surface area contributed by atoms with Crippen LogP contribution in [-0.4, -0.2) is 11.1 Å². The Labute approximate surface area is 84.6 Å². The minimum Gasteiger partial charge on any atom is -0.489 e. The predicted molar refractivity (Wildman–Crippen MR) is 47.7 cm³/mol. The van der Waals surface area contributed by atoms with E-state index in [9.17, 15) is 0 Å². The predicted octanol–water partition coefficient (Wildman–Crippen LogP) is 2.63. The second-order valence-corrected chi connectivity index (χ2v) is 2.56. The van der Waals surface area contributed by atoms with Gasteiger partial charge in [-0.25, -0.2) is 4.98 Å². The molecular weight excluding hydrogens is 206 g/mol. The number of pyridine rings is 1. The van der Waals surface area contributed by atoms with Gasteiger partial charge in [-0.05, 0) is 41.8 Å². The van der Waals surface area contributed by atoms with Crippen molar-refractivity contribution in [3.05, 3.63) is 22.9 Å². The Morgan fingerprint density at radius 3 is 3.09 bits per heavy atom. The summed E-state index contributed by atoms with van der Waals surface area (Å²) in [5.41, 5.74) is 0. The van der Waals surface area contributed by atoms with Gasteiger partial charge in [0.15, 0.2) is 0 Å². The highest BCUT2D eigenvalue weighted by Crippen LogP contribution is 2.13. The third-order valence-corrected chi connectivity index (χ3v) is 1.39. The first-order valence-electron chi connectivity index (χ1n) is 6.28. The van der Waals surface area contributed by atoms with Crippen LogP contribution in [0.15, 0.2) is 22.9 Å². The fourth-order valence-electron chi connectivity index (χ4n) is 0.540. The molecule has 1 aromatic rings. The molecule has 1 rings (SSSR count). The zero-order chi connectivity index (χ0) is 14.2. The molecule has 0 spiro atoms. The monoisotopic (exact) mass is 222 g/mol. The summed E-state index contributed by atoms with van der Waals surface area (Å²) in [5, 5.41) is 0. The second kappa shape index (κ2) is 3.72. The lowest BCUT2D eigenvalue weighted by Gasteiger charge is -2.07. The summed E-state index contributed by atoms with van der Waals surface area (Å²) >= 11 is 3.07. The average molecular weight is 223 g/mol. The molecule has 0 fully saturated rings. The third-order valence-electron chi connectivity index (χ3n) is 0.920. The maximum Gasteiger partial charge on any atom is 0.138 e. The number of halogens is 1. The molecule has 0 aromatic carbocycles. The maximum atomic E-state index is 7.63. The van der Waals surface area contributed by atoms with Gasteiger partial charge in [-0.1, -0.05) is 0 Å². The van der Waals surface area contributed by atoms with Crippen molar-refractivity contribution >= 4 is 15.9 Å². The van der Waals surface area contributed by atoms with Crippen molar-refractivity contribution in [2.24, 2.45) is 0 Å². The van der Waals surface area contributed by atoms with Crippen LogP contribution in [-0.2, 0) is 0 Å². The molecule has 0 radical (unpaired) electrons. The van der Waals surface area contributed by atoms with Gasteiger partial charge >= 0.3 is 0 Å². The van der Waals surface area contributed by atoms with Crippen molar-refractivity contribution in [2.45, 2.75) is 19.8 Å². The molecule has 1 aromatic heterocycles. The van der Waals surface area contributed by atoms with Crippen molar-refractivity contribution in [3.8, 4) is 5.75 Å². The van der Waals surface area contributed by atoms with E-state index in [-0.39, 0.29) is 5.75 Å². The summed E-state index contributed by atoms with van der Waals surface area (Å²) in [7, 11) is 0. The summed E-state index contributed by atoms with van der Waals surface area (Å²) < 4.78 is 55.9. The highest BCUT2D eigenvalue weighted by Gasteiger charge is 1.96. The number of aromatic nitrogens is 1. The minimum absolute atomic E-state index is 0.0968. The first kappa shape index (κ1) is 3.05. The van der Waals surface area contributed by atoms with E-state index in [4.69, 9.17) is 14.3 Å². The Bertz CT molecular complexity index is 399. The van der Waals surface area contributed by atoms with Crippen LogP contribution in [0.1, 0.15) is 23.3 Å². The van der Waals surface area contributed by atoms with Crippen LogP contribution in [0.4, 0.5) is 0 Å². The molecule has 60 valence electrons. The zero-order valence-corrected chi connectivity index (χ0v) is 7.05. The Hall–Kier alpha value is -0.570. The van der Waals surface area contributed by atoms with E-state index in [2.05, 4.69) is 20.9 Å². The van der Waals surface area contributed by atoms with E-state index >= 15 is 0 Å². The summed E-state index contributed by atoms with van der Waals surface area (Å²) in [5.74, 6) is -0.0968. The molecule has 0 aliphatic heterocycles. The van der Waals surface area contributed by atoms with Crippen LogP contribution >= 0.6 is 15.9 Å². The van der Waals surface area contributed by atoms with E-state index in [1.165, 1.54) is 12.1 Å². The molecule has 0 N–H and O–H groups in total. The van der Waals surface area contributed by atoms with E-state index in [1.54, 1.807) is 0 Å². The molecule has 0 atom stereocenters. The van der Waals surface area contributed by atoms with Crippen LogP contribution in [0.5, 0.6) is 5.75 Å². The van der Waals surface area contributed by atoms with Gasteiger partial charge in [0.1, 0.15) is 10.4 Å². The molecule has 0 aliphatic carbocycles. The molecule has 0 unspecified atom stereocenters. The molecule has 0 aliphatic rings. The molecule has 0 saturated heterocycles. The summed E-state index contributed by atoms with van der Waals surface area (Å²) in [4.78, 5) is 3.77. The van der Waals surface area contributed by atoms with Crippen molar-refractivity contribution in [1.82, 2.24) is 4.98 Å². The molecule has 3 heteroatoms. The Morgan fingerprint density at radius 2 is 2.55 bits per heavy atom. The largest absolute Gasteiger partial charge is 0.489 e. The van der Waals surface area contributed by atoms with Crippen LogP contribution in [0.25, 0.3) is 0 Å². The van der Waals surface area contributed by atoms with Gasteiger partial charge < -0.3 is 4.74 Å². The van der Waals surface area contributed by atoms with Gasteiger partial charge in [-0.2, -0.15) is 0 Å². The van der Waals surface area contributed by atoms with Crippen molar-refractivity contribution < 1.29 is 14.3 Å². The highest BCUT2D eigenvalue weighted by atomic mass is 79.9. The van der Waals surface area contributed by atoms with Gasteiger partial charge in [-0.15, -0.1) is 0 Å². The average Bonchev–Trinajstić information content (AvgIpc) is 2.18. The molecule has 0 saturated carbocycles. The van der Waals surface area contributed by atoms with E-state index in [0.717, 1.165) is 6.20 Å². The van der Waals surface area contributed by atoms with Crippen LogP contribution in [0.3, 0.4) is 0 Å². The topological polar surface area (TPSA) is 22.1 Å². The van der Waals surface area contributed by atoms with E-state index in [1.807, 2.05) is 0 Å². The summed E-state index contributed by atoms with van der Waals surface area (Å²) in [6.45, 7) is -6.24. The zero-order valence-electron chi connectivity index (χ0n) is 12.5. The maximum absolute atomic E-state index is 7.63. The van der Waals surface area contributed by atoms with Gasteiger partial charge in [0.25, 0.3) is 0 Å². The van der Waals surface area contributed by atoms with Gasteiger partial charge in [0.05, 0.1) is 13.6 Å². The van der Waals surface area contributed by atoms with Crippen LogP contribution in [0.2, 0.25) is 0 Å². The lowest BCUT2D eigenvalue weighted by molar-refractivity contribution is 0.241. The SMILES string of the molecule is [2H]C([2H])([2H])C([2H])(Oc1ccc(Br)nc1)C([2H])([2H])[2H]. The second-order valence-electron chi connectivity index (χ2n) is 1.75. The standard InChI is InChI=1S/C8H10BrNO/c1-6(2)11-7-3-4-8(9)10-5-7/h3-6H,1-2H3/i1D3,2D3,6D. The van der Waals surface area contributed by atoms with Crippen LogP contribution in [0, 0.1) is 0 Å². The smallest absolute Gasteiger partial charge is 0.138 e. The highest BCUT2D eigenvalue weighted by molar-refractivity contribution is 9.10. The lowest BCUT2D eigenvalue weighted by Crippen LogP contribution is -2.05. The van der Waals surface area contributed by atoms with Crippen molar-refractivity contribution in [2.75, 3.05) is 0 Å². The normalized spacial score (nSPS) is 22.8. The molecule has 0 amide bonds. The lowest BCUT2D eigenvalue weighted by atomic mass is 10.4. The Kier molecular flexibility index (Phi) is 1.03. The number of hydrogen-bond acceptors (Lipinski definition) is 2. The van der Waals surface area contributed by atoms with Gasteiger partial charge in [0, 0.05) is 8.22 Å². The van der Waals surface area contributed by atoms with E-state index < -0.39 is 19.8 Å². The van der Waals surface area contributed by atoms with E-state index in [0.29, 0.717) is 4.60 Å². The van der Waals surface area contributed by atoms with Crippen molar-refractivity contribution in [1.29, 1.82) is 0 Å². The van der Waals surface area contributed by atoms with Gasteiger partial charge in [-0.3, -0.25) is 0 Å². The fraction of sp³-hybridized carbons (Fsp3) is 0.375. The van der Waals surface area contributed by atoms with Crippen molar-refractivity contribution in [3.63, 3.8) is 0 Å². The third kappa shape index (κ3) is 2.89. The first-order valence-corrected chi connectivity index (χ1v) is 3.57. The summed E-state index contributed by atoms with van der Waals surface area (Å²) in [6, 6.07) is 2.78.